The van der Waals surface area contributed by atoms with Crippen molar-refractivity contribution in [3.05, 3.63) is 65.2 Å². The van der Waals surface area contributed by atoms with Crippen molar-refractivity contribution in [2.45, 2.75) is 6.61 Å². The molecule has 6 heteroatoms. The zero-order valence-electron chi connectivity index (χ0n) is 12.9. The Morgan fingerprint density at radius 2 is 1.62 bits per heavy atom. The van der Waals surface area contributed by atoms with Crippen LogP contribution in [0.2, 0.25) is 0 Å². The minimum Gasteiger partial charge on any atom is -0.545 e. The molecule has 0 unspecified atom stereocenters. The van der Waals surface area contributed by atoms with Gasteiger partial charge in [0, 0.05) is 11.1 Å². The fourth-order valence-electron chi connectivity index (χ4n) is 1.97. The van der Waals surface area contributed by atoms with Crippen molar-refractivity contribution < 1.29 is 29.3 Å². The number of hydrogen-bond donors (Lipinski definition) is 0. The number of benzene rings is 2. The quantitative estimate of drug-likeness (QED) is 0.408. The highest BCUT2D eigenvalue weighted by Crippen LogP contribution is 2.22. The van der Waals surface area contributed by atoms with Crippen LogP contribution < -0.4 is 19.7 Å². The van der Waals surface area contributed by atoms with Crippen molar-refractivity contribution in [1.82, 2.24) is 0 Å². The second-order valence-corrected chi connectivity index (χ2v) is 4.81. The molecule has 0 fully saturated rings. The predicted molar refractivity (Wildman–Crippen MR) is 81.8 cm³/mol. The summed E-state index contributed by atoms with van der Waals surface area (Å²) in [6.07, 6.45) is 0.952. The van der Waals surface area contributed by atoms with Crippen LogP contribution in [-0.4, -0.2) is 19.0 Å². The standard InChI is InChI=1S/C18H16O6/c1-23-14-8-6-12(7-9-14)11-24-16-5-3-2-4-13(16)10-15(17(19)20)18(21)22/h2-10H,11H2,1H3,(H,19,20)(H,21,22)/p-2. The van der Waals surface area contributed by atoms with E-state index in [0.717, 1.165) is 17.4 Å². The van der Waals surface area contributed by atoms with Gasteiger partial charge >= 0.3 is 0 Å². The molecule has 0 saturated carbocycles. The Morgan fingerprint density at radius 1 is 1.00 bits per heavy atom. The number of carbonyl (C=O) groups is 2. The molecule has 6 nitrogen and oxygen atoms in total. The number of rotatable bonds is 7. The molecule has 0 atom stereocenters. The highest BCUT2D eigenvalue weighted by Gasteiger charge is 2.06. The summed E-state index contributed by atoms with van der Waals surface area (Å²) >= 11 is 0. The summed E-state index contributed by atoms with van der Waals surface area (Å²) in [5.41, 5.74) is 0.222. The maximum Gasteiger partial charge on any atom is 0.127 e. The molecule has 2 rings (SSSR count). The van der Waals surface area contributed by atoms with E-state index in [1.165, 1.54) is 6.07 Å². The number of ether oxygens (including phenoxy) is 2. The first-order valence-corrected chi connectivity index (χ1v) is 7.00. The first kappa shape index (κ1) is 17.1. The monoisotopic (exact) mass is 326 g/mol. The van der Waals surface area contributed by atoms with Crippen LogP contribution in [-0.2, 0) is 16.2 Å². The molecule has 0 spiro atoms. The molecule has 0 radical (unpaired) electrons. The number of hydrogen-bond acceptors (Lipinski definition) is 6. The van der Waals surface area contributed by atoms with Crippen molar-refractivity contribution in [2.24, 2.45) is 0 Å². The Balaban J connectivity index is 2.20. The summed E-state index contributed by atoms with van der Waals surface area (Å²) in [4.78, 5) is 21.7. The predicted octanol–water partition coefficient (Wildman–Crippen LogP) is 0.157. The van der Waals surface area contributed by atoms with Crippen LogP contribution in [0.25, 0.3) is 6.08 Å². The van der Waals surface area contributed by atoms with Crippen molar-refractivity contribution in [3.63, 3.8) is 0 Å². The largest absolute Gasteiger partial charge is 0.545 e. The molecule has 124 valence electrons. The van der Waals surface area contributed by atoms with Gasteiger partial charge in [0.15, 0.2) is 0 Å². The molecule has 0 bridgehead atoms. The fourth-order valence-corrected chi connectivity index (χ4v) is 1.97. The second kappa shape index (κ2) is 7.82. The molecule has 2 aromatic carbocycles. The van der Waals surface area contributed by atoms with Gasteiger partial charge in [-0.15, -0.1) is 0 Å². The molecule has 2 aromatic rings. The van der Waals surface area contributed by atoms with E-state index in [2.05, 4.69) is 0 Å². The van der Waals surface area contributed by atoms with Crippen LogP contribution in [0.5, 0.6) is 11.5 Å². The van der Waals surface area contributed by atoms with Gasteiger partial charge in [-0.1, -0.05) is 30.3 Å². The summed E-state index contributed by atoms with van der Waals surface area (Å²) in [6, 6.07) is 13.7. The molecule has 0 N–H and O–H groups in total. The Bertz CT molecular complexity index is 745. The summed E-state index contributed by atoms with van der Waals surface area (Å²) in [6.45, 7) is 0.223. The van der Waals surface area contributed by atoms with Gasteiger partial charge < -0.3 is 29.3 Å². The molecule has 0 aliphatic rings. The lowest BCUT2D eigenvalue weighted by molar-refractivity contribution is -0.311. The molecule has 0 amide bonds. The zero-order valence-corrected chi connectivity index (χ0v) is 12.9. The molecular formula is C18H14O6-2. The van der Waals surface area contributed by atoms with Crippen molar-refractivity contribution in [3.8, 4) is 11.5 Å². The lowest BCUT2D eigenvalue weighted by Crippen LogP contribution is -2.36. The van der Waals surface area contributed by atoms with Crippen molar-refractivity contribution >= 4 is 18.0 Å². The Kier molecular flexibility index (Phi) is 5.57. The Hall–Kier alpha value is -3.28. The lowest BCUT2D eigenvalue weighted by atomic mass is 10.1. The second-order valence-electron chi connectivity index (χ2n) is 4.81. The van der Waals surface area contributed by atoms with Crippen LogP contribution in [0.3, 0.4) is 0 Å². The van der Waals surface area contributed by atoms with Crippen molar-refractivity contribution in [2.75, 3.05) is 7.11 Å². The molecule has 0 heterocycles. The SMILES string of the molecule is COc1ccc(COc2ccccc2C=C(C(=O)[O-])C(=O)[O-])cc1. The highest BCUT2D eigenvalue weighted by molar-refractivity contribution is 6.14. The Labute approximate surface area is 138 Å². The molecule has 0 aliphatic carbocycles. The van der Waals surface area contributed by atoms with E-state index in [9.17, 15) is 19.8 Å². The van der Waals surface area contributed by atoms with Gasteiger partial charge in [-0.25, -0.2) is 0 Å². The van der Waals surface area contributed by atoms with Gasteiger partial charge in [0.2, 0.25) is 0 Å². The lowest BCUT2D eigenvalue weighted by Gasteiger charge is -2.13. The highest BCUT2D eigenvalue weighted by atomic mass is 16.5. The van der Waals surface area contributed by atoms with E-state index in [0.29, 0.717) is 11.3 Å². The van der Waals surface area contributed by atoms with Crippen LogP contribution in [0.4, 0.5) is 0 Å². The minimum atomic E-state index is -1.82. The van der Waals surface area contributed by atoms with Gasteiger partial charge in [0.05, 0.1) is 19.0 Å². The number of carboxylic acid groups (broad SMARTS) is 2. The van der Waals surface area contributed by atoms with Gasteiger partial charge in [-0.3, -0.25) is 0 Å². The smallest absolute Gasteiger partial charge is 0.127 e. The third-order valence-corrected chi connectivity index (χ3v) is 3.21. The Morgan fingerprint density at radius 3 is 2.21 bits per heavy atom. The van der Waals surface area contributed by atoms with E-state index in [1.54, 1.807) is 37.4 Å². The third-order valence-electron chi connectivity index (χ3n) is 3.21. The molecule has 0 aromatic heterocycles. The molecule has 0 saturated heterocycles. The van der Waals surface area contributed by atoms with E-state index in [4.69, 9.17) is 9.47 Å². The maximum absolute atomic E-state index is 10.8. The number of carboxylic acids is 2. The average molecular weight is 326 g/mol. The van der Waals surface area contributed by atoms with E-state index in [-0.39, 0.29) is 6.61 Å². The maximum atomic E-state index is 10.8. The van der Waals surface area contributed by atoms with Gasteiger partial charge in [-0.05, 0) is 29.8 Å². The summed E-state index contributed by atoms with van der Waals surface area (Å²) in [5.74, 6) is -2.58. The number of methoxy groups -OCH3 is 1. The molecule has 24 heavy (non-hydrogen) atoms. The van der Waals surface area contributed by atoms with Crippen LogP contribution >= 0.6 is 0 Å². The zero-order chi connectivity index (χ0) is 17.5. The first-order chi connectivity index (χ1) is 11.5. The van der Waals surface area contributed by atoms with Gasteiger partial charge in [0.1, 0.15) is 18.1 Å². The van der Waals surface area contributed by atoms with Gasteiger partial charge in [0.25, 0.3) is 0 Å². The number of para-hydroxylation sites is 1. The minimum absolute atomic E-state index is 0.223. The topological polar surface area (TPSA) is 98.7 Å². The van der Waals surface area contributed by atoms with Crippen LogP contribution in [0, 0.1) is 0 Å². The summed E-state index contributed by atoms with van der Waals surface area (Å²) in [7, 11) is 1.57. The first-order valence-electron chi connectivity index (χ1n) is 7.00. The van der Waals surface area contributed by atoms with Gasteiger partial charge in [-0.2, -0.15) is 0 Å². The summed E-state index contributed by atoms with van der Waals surface area (Å²) in [5, 5.41) is 21.7. The fraction of sp³-hybridized carbons (Fsp3) is 0.111. The van der Waals surface area contributed by atoms with Crippen molar-refractivity contribution in [1.29, 1.82) is 0 Å². The van der Waals surface area contributed by atoms with E-state index >= 15 is 0 Å². The average Bonchev–Trinajstić information content (AvgIpc) is 2.58. The number of aliphatic carboxylic acids is 2. The molecular weight excluding hydrogens is 312 g/mol. The summed E-state index contributed by atoms with van der Waals surface area (Å²) < 4.78 is 10.7. The van der Waals surface area contributed by atoms with E-state index < -0.39 is 17.5 Å². The van der Waals surface area contributed by atoms with Crippen LogP contribution in [0.1, 0.15) is 11.1 Å². The normalized spacial score (nSPS) is 9.88. The third kappa shape index (κ3) is 4.36. The van der Waals surface area contributed by atoms with Crippen LogP contribution in [0.15, 0.2) is 54.1 Å². The molecule has 0 aliphatic heterocycles. The van der Waals surface area contributed by atoms with E-state index in [1.807, 2.05) is 12.1 Å². The number of carbonyl (C=O) groups excluding carboxylic acids is 2.